The van der Waals surface area contributed by atoms with E-state index in [0.717, 1.165) is 0 Å². The Bertz CT molecular complexity index is 622. The van der Waals surface area contributed by atoms with Crippen molar-refractivity contribution in [1.29, 1.82) is 0 Å². The van der Waals surface area contributed by atoms with Crippen LogP contribution in [0, 0.1) is 0 Å². The molecule has 0 bridgehead atoms. The molecule has 0 unspecified atom stereocenters. The van der Waals surface area contributed by atoms with Gasteiger partial charge in [0.1, 0.15) is 0 Å². The van der Waals surface area contributed by atoms with E-state index in [1.165, 1.54) is 0 Å². The van der Waals surface area contributed by atoms with Crippen molar-refractivity contribution in [2.24, 2.45) is 0 Å². The molecule has 0 atom stereocenters. The predicted molar refractivity (Wildman–Crippen MR) is 52.0 cm³/mol. The van der Waals surface area contributed by atoms with E-state index < -0.39 is 60.4 Å². The van der Waals surface area contributed by atoms with Gasteiger partial charge in [-0.05, 0) is 0 Å². The molecular formula is C10H2F18O. The Kier molecular flexibility index (Phi) is 6.78. The fourth-order valence-corrected chi connectivity index (χ4v) is 1.22. The van der Waals surface area contributed by atoms with Crippen LogP contribution in [0.3, 0.4) is 0 Å². The van der Waals surface area contributed by atoms with E-state index in [2.05, 4.69) is 4.74 Å². The Morgan fingerprint density at radius 2 is 0.862 bits per heavy atom. The molecule has 0 heterocycles. The van der Waals surface area contributed by atoms with Crippen molar-refractivity contribution < 1.29 is 83.8 Å². The summed E-state index contributed by atoms with van der Waals surface area (Å²) in [6.45, 7) is -3.81. The monoisotopic (exact) mass is 480 g/mol. The van der Waals surface area contributed by atoms with E-state index >= 15 is 0 Å². The van der Waals surface area contributed by atoms with Gasteiger partial charge in [-0.15, -0.1) is 0 Å². The second-order valence-corrected chi connectivity index (χ2v) is 4.87. The smallest absolute Gasteiger partial charge is 0.460 e. The maximum atomic E-state index is 13.1. The average Bonchev–Trinajstić information content (AvgIpc) is 2.49. The molecule has 29 heavy (non-hydrogen) atoms. The highest BCUT2D eigenvalue weighted by atomic mass is 19.4. The maximum Gasteiger partial charge on any atom is 0.460 e. The van der Waals surface area contributed by atoms with Crippen LogP contribution in [0.5, 0.6) is 0 Å². The number of allylic oxidation sites excluding steroid dienone is 1. The summed E-state index contributed by atoms with van der Waals surface area (Å²) in [7, 11) is 0. The third kappa shape index (κ3) is 4.41. The van der Waals surface area contributed by atoms with Crippen LogP contribution < -0.4 is 0 Å². The van der Waals surface area contributed by atoms with Gasteiger partial charge in [-0.1, -0.05) is 0 Å². The van der Waals surface area contributed by atoms with Crippen molar-refractivity contribution in [2.45, 2.75) is 42.0 Å². The van der Waals surface area contributed by atoms with E-state index in [-0.39, 0.29) is 0 Å². The van der Waals surface area contributed by atoms with Crippen LogP contribution in [0.25, 0.3) is 0 Å². The number of halogens is 18. The molecule has 0 aliphatic heterocycles. The van der Waals surface area contributed by atoms with Gasteiger partial charge in [0, 0.05) is 0 Å². The molecule has 0 N–H and O–H groups in total. The van der Waals surface area contributed by atoms with Crippen molar-refractivity contribution in [3.63, 3.8) is 0 Å². The quantitative estimate of drug-likeness (QED) is 0.302. The number of hydrogen-bond acceptors (Lipinski definition) is 1. The van der Waals surface area contributed by atoms with Crippen LogP contribution in [0.15, 0.2) is 11.8 Å². The Hall–Kier alpha value is -1.72. The van der Waals surface area contributed by atoms with Crippen molar-refractivity contribution in [3.8, 4) is 0 Å². The first kappa shape index (κ1) is 27.3. The molecule has 0 aromatic heterocycles. The average molecular weight is 480 g/mol. The van der Waals surface area contributed by atoms with E-state index in [9.17, 15) is 79.0 Å². The topological polar surface area (TPSA) is 9.23 Å². The summed E-state index contributed by atoms with van der Waals surface area (Å²) in [5.74, 6) is -43.5. The Morgan fingerprint density at radius 1 is 0.517 bits per heavy atom. The number of hydrogen-bond donors (Lipinski definition) is 0. The van der Waals surface area contributed by atoms with Crippen LogP contribution in [0.1, 0.15) is 0 Å². The zero-order chi connectivity index (χ0) is 24.1. The van der Waals surface area contributed by atoms with E-state index in [1.54, 1.807) is 0 Å². The summed E-state index contributed by atoms with van der Waals surface area (Å²) in [5, 5.41) is 0. The highest BCUT2D eigenvalue weighted by molar-refractivity contribution is 5.10. The molecule has 0 rings (SSSR count). The van der Waals surface area contributed by atoms with E-state index in [4.69, 9.17) is 0 Å². The first-order valence-electron chi connectivity index (χ1n) is 6.00. The summed E-state index contributed by atoms with van der Waals surface area (Å²) in [6, 6.07) is -3.79. The minimum atomic E-state index is -8.25. The summed E-state index contributed by atoms with van der Waals surface area (Å²) >= 11 is 0. The maximum absolute atomic E-state index is 13.1. The minimum absolute atomic E-state index is 2.44. The van der Waals surface area contributed by atoms with Crippen molar-refractivity contribution in [3.05, 3.63) is 11.8 Å². The van der Waals surface area contributed by atoms with Crippen molar-refractivity contribution in [1.82, 2.24) is 0 Å². The second-order valence-electron chi connectivity index (χ2n) is 4.87. The third-order valence-corrected chi connectivity index (χ3v) is 2.80. The SMILES string of the molecule is FC(OCC(F)(F)C(F)(F)C(F)(F)C(F)(F)C(F)(F)C(F)(F)F)=C(F)C(F)(F)F. The van der Waals surface area contributed by atoms with Gasteiger partial charge >= 0.3 is 48.0 Å². The van der Waals surface area contributed by atoms with Gasteiger partial charge < -0.3 is 4.74 Å². The Balaban J connectivity index is 6.07. The van der Waals surface area contributed by atoms with Crippen LogP contribution in [0.4, 0.5) is 79.0 Å². The van der Waals surface area contributed by atoms with Crippen molar-refractivity contribution in [2.75, 3.05) is 6.61 Å². The van der Waals surface area contributed by atoms with Gasteiger partial charge in [0.2, 0.25) is 0 Å². The summed E-state index contributed by atoms with van der Waals surface area (Å²) in [6.07, 6.45) is -14.0. The van der Waals surface area contributed by atoms with Crippen LogP contribution in [0.2, 0.25) is 0 Å². The highest BCUT2D eigenvalue weighted by Gasteiger charge is 2.90. The van der Waals surface area contributed by atoms with Crippen LogP contribution >= 0.6 is 0 Å². The molecule has 1 nitrogen and oxygen atoms in total. The number of rotatable bonds is 7. The molecule has 0 saturated heterocycles. The van der Waals surface area contributed by atoms with Gasteiger partial charge in [0.25, 0.3) is 5.83 Å². The lowest BCUT2D eigenvalue weighted by Crippen LogP contribution is -2.70. The molecule has 0 fully saturated rings. The zero-order valence-corrected chi connectivity index (χ0v) is 12.4. The molecule has 0 radical (unpaired) electrons. The molecule has 0 aromatic rings. The van der Waals surface area contributed by atoms with Crippen LogP contribution in [-0.4, -0.2) is 48.6 Å². The van der Waals surface area contributed by atoms with Gasteiger partial charge in [0.15, 0.2) is 6.61 Å². The Morgan fingerprint density at radius 3 is 1.17 bits per heavy atom. The number of alkyl halides is 16. The van der Waals surface area contributed by atoms with E-state index in [0.29, 0.717) is 0 Å². The fraction of sp³-hybridized carbons (Fsp3) is 0.800. The first-order valence-corrected chi connectivity index (χ1v) is 6.00. The summed E-state index contributed by atoms with van der Waals surface area (Å²) in [4.78, 5) is 0. The second kappa shape index (κ2) is 7.21. The molecule has 0 aliphatic rings. The molecule has 19 heteroatoms. The molecule has 0 saturated carbocycles. The molecule has 0 amide bonds. The lowest BCUT2D eigenvalue weighted by molar-refractivity contribution is -0.441. The normalized spacial score (nSPS) is 16.6. The highest BCUT2D eigenvalue weighted by Crippen LogP contribution is 2.60. The first-order chi connectivity index (χ1) is 12.3. The lowest BCUT2D eigenvalue weighted by atomic mass is 9.94. The standard InChI is InChI=1S/C10H2F18O/c11-2(5(15,16)17)3(12)29-1-4(13,14)6(18,19)7(20,21)8(22,23)9(24,25)10(26,27)28/h1H2. The number of ether oxygens (including phenoxy) is 1. The van der Waals surface area contributed by atoms with Crippen molar-refractivity contribution >= 4 is 0 Å². The lowest BCUT2D eigenvalue weighted by Gasteiger charge is -2.39. The van der Waals surface area contributed by atoms with Crippen LogP contribution in [-0.2, 0) is 4.74 Å². The zero-order valence-electron chi connectivity index (χ0n) is 12.4. The molecule has 0 spiro atoms. The Labute approximate surface area is 145 Å². The molecule has 0 aliphatic carbocycles. The summed E-state index contributed by atoms with van der Waals surface area (Å²) in [5.41, 5.74) is 0. The van der Waals surface area contributed by atoms with Gasteiger partial charge in [0.05, 0.1) is 0 Å². The molecule has 174 valence electrons. The van der Waals surface area contributed by atoms with E-state index in [1.807, 2.05) is 0 Å². The van der Waals surface area contributed by atoms with Gasteiger partial charge in [-0.25, -0.2) is 0 Å². The predicted octanol–water partition coefficient (Wildman–Crippen LogP) is 6.41. The fourth-order valence-electron chi connectivity index (χ4n) is 1.22. The van der Waals surface area contributed by atoms with Gasteiger partial charge in [-0.2, -0.15) is 79.0 Å². The molecule has 0 aromatic carbocycles. The third-order valence-electron chi connectivity index (χ3n) is 2.80. The minimum Gasteiger partial charge on any atom is -0.462 e. The van der Waals surface area contributed by atoms with Gasteiger partial charge in [-0.3, -0.25) is 0 Å². The summed E-state index contributed by atoms with van der Waals surface area (Å²) < 4.78 is 226. The molecular weight excluding hydrogens is 478 g/mol. The largest absolute Gasteiger partial charge is 0.462 e.